The van der Waals surface area contributed by atoms with Gasteiger partial charge in [0.25, 0.3) is 10.0 Å². The molecule has 2 aromatic rings. The molecule has 3 rings (SSSR count). The van der Waals surface area contributed by atoms with Gasteiger partial charge in [0.05, 0.1) is 4.90 Å². The summed E-state index contributed by atoms with van der Waals surface area (Å²) in [6, 6.07) is 8.53. The fourth-order valence-electron chi connectivity index (χ4n) is 2.20. The number of benzene rings is 2. The molecule has 1 heterocycles. The molecule has 0 aromatic heterocycles. The third kappa shape index (κ3) is 2.14. The van der Waals surface area contributed by atoms with Crippen molar-refractivity contribution in [2.24, 2.45) is 0 Å². The normalized spacial score (nSPS) is 15.6. The number of carbonyl (C=O) groups excluding carboxylic acids is 2. The summed E-state index contributed by atoms with van der Waals surface area (Å²) in [5.74, 6) is -0.651. The number of amides is 3. The van der Waals surface area contributed by atoms with Crippen LogP contribution in [0.2, 0.25) is 5.02 Å². The Morgan fingerprint density at radius 1 is 1.05 bits per heavy atom. The number of rotatable bonds is 2. The molecule has 1 N–H and O–H groups in total. The van der Waals surface area contributed by atoms with Crippen molar-refractivity contribution in [3.05, 3.63) is 41.4 Å². The number of nitrogens with zero attached hydrogens (tertiary/aromatic N) is 1. The maximum Gasteiger partial charge on any atom is 0.338 e. The summed E-state index contributed by atoms with van der Waals surface area (Å²) in [5.41, 5.74) is 0. The number of hydrogen-bond acceptors (Lipinski definition) is 4. The van der Waals surface area contributed by atoms with Gasteiger partial charge in [-0.25, -0.2) is 17.5 Å². The lowest BCUT2D eigenvalue weighted by molar-refractivity contribution is -0.118. The highest BCUT2D eigenvalue weighted by molar-refractivity contribution is 7.90. The van der Waals surface area contributed by atoms with Crippen LogP contribution in [0, 0.1) is 0 Å². The van der Waals surface area contributed by atoms with Crippen LogP contribution in [0.5, 0.6) is 0 Å². The fraction of sp³-hybridized carbons (Fsp3) is 0.0769. The Labute approximate surface area is 125 Å². The van der Waals surface area contributed by atoms with Crippen molar-refractivity contribution >= 4 is 44.3 Å². The van der Waals surface area contributed by atoms with Crippen LogP contribution < -0.4 is 5.32 Å². The maximum absolute atomic E-state index is 12.6. The Morgan fingerprint density at radius 2 is 1.71 bits per heavy atom. The molecule has 0 saturated carbocycles. The van der Waals surface area contributed by atoms with Crippen LogP contribution in [-0.2, 0) is 14.8 Å². The van der Waals surface area contributed by atoms with Gasteiger partial charge in [-0.1, -0.05) is 35.9 Å². The highest BCUT2D eigenvalue weighted by Gasteiger charge is 2.38. The molecule has 1 aliphatic rings. The van der Waals surface area contributed by atoms with E-state index in [0.29, 0.717) is 20.1 Å². The summed E-state index contributed by atoms with van der Waals surface area (Å²) in [5, 5.41) is 3.32. The summed E-state index contributed by atoms with van der Waals surface area (Å²) in [4.78, 5) is 22.7. The van der Waals surface area contributed by atoms with Crippen molar-refractivity contribution in [3.8, 4) is 0 Å². The second-order valence-electron chi connectivity index (χ2n) is 4.46. The standard InChI is InChI=1S/C13H9ClN2O4S/c14-10-5-1-4-9-8(10)3-2-6-11(9)21(19,20)16-7-12(17)15-13(16)18/h1-6H,7H2,(H,15,17,18). The SMILES string of the molecule is O=C1CN(S(=O)(=O)c2cccc3c(Cl)cccc23)C(=O)N1. The number of urea groups is 1. The summed E-state index contributed by atoms with van der Waals surface area (Å²) >= 11 is 6.05. The number of sulfonamides is 1. The lowest BCUT2D eigenvalue weighted by Crippen LogP contribution is -2.34. The van der Waals surface area contributed by atoms with Gasteiger partial charge in [0.1, 0.15) is 6.54 Å². The highest BCUT2D eigenvalue weighted by Crippen LogP contribution is 2.30. The largest absolute Gasteiger partial charge is 0.338 e. The highest BCUT2D eigenvalue weighted by atomic mass is 35.5. The number of fused-ring (bicyclic) bond motifs is 1. The summed E-state index contributed by atoms with van der Waals surface area (Å²) in [6.45, 7) is -0.516. The quantitative estimate of drug-likeness (QED) is 0.853. The van der Waals surface area contributed by atoms with Gasteiger partial charge in [0.15, 0.2) is 0 Å². The van der Waals surface area contributed by atoms with Crippen molar-refractivity contribution < 1.29 is 18.0 Å². The molecular weight excluding hydrogens is 316 g/mol. The van der Waals surface area contributed by atoms with Gasteiger partial charge in [0, 0.05) is 15.8 Å². The summed E-state index contributed by atoms with van der Waals surface area (Å²) in [6.07, 6.45) is 0. The molecule has 6 nitrogen and oxygen atoms in total. The molecule has 1 saturated heterocycles. The van der Waals surface area contributed by atoms with E-state index in [1.807, 2.05) is 5.32 Å². The van der Waals surface area contributed by atoms with Crippen molar-refractivity contribution in [2.75, 3.05) is 6.54 Å². The van der Waals surface area contributed by atoms with Gasteiger partial charge in [-0.2, -0.15) is 0 Å². The van der Waals surface area contributed by atoms with E-state index < -0.39 is 28.5 Å². The molecule has 108 valence electrons. The van der Waals surface area contributed by atoms with Crippen molar-refractivity contribution in [3.63, 3.8) is 0 Å². The van der Waals surface area contributed by atoms with Crippen LogP contribution in [0.4, 0.5) is 4.79 Å². The van der Waals surface area contributed by atoms with Gasteiger partial charge in [0.2, 0.25) is 5.91 Å². The van der Waals surface area contributed by atoms with E-state index in [1.54, 1.807) is 24.3 Å². The van der Waals surface area contributed by atoms with E-state index in [2.05, 4.69) is 0 Å². The van der Waals surface area contributed by atoms with Crippen LogP contribution in [0.25, 0.3) is 10.8 Å². The zero-order valence-corrected chi connectivity index (χ0v) is 12.1. The average molecular weight is 325 g/mol. The third-order valence-corrected chi connectivity index (χ3v) is 5.27. The number of hydrogen-bond donors (Lipinski definition) is 1. The first-order valence-corrected chi connectivity index (χ1v) is 7.77. The van der Waals surface area contributed by atoms with E-state index in [4.69, 9.17) is 11.6 Å². The topological polar surface area (TPSA) is 83.6 Å². The van der Waals surface area contributed by atoms with Crippen LogP contribution in [0.1, 0.15) is 0 Å². The molecular formula is C13H9ClN2O4S. The Hall–Kier alpha value is -2.12. The number of nitrogens with one attached hydrogen (secondary N) is 1. The first-order valence-electron chi connectivity index (χ1n) is 5.95. The minimum absolute atomic E-state index is 0.0626. The van der Waals surface area contributed by atoms with Crippen LogP contribution in [-0.4, -0.2) is 31.2 Å². The first kappa shape index (κ1) is 13.8. The molecule has 2 aromatic carbocycles. The Kier molecular flexibility index (Phi) is 3.11. The molecule has 0 atom stereocenters. The van der Waals surface area contributed by atoms with Crippen LogP contribution in [0.15, 0.2) is 41.3 Å². The Balaban J connectivity index is 2.23. The third-order valence-electron chi connectivity index (χ3n) is 3.16. The number of imide groups is 1. The molecule has 0 unspecified atom stereocenters. The van der Waals surface area contributed by atoms with E-state index in [9.17, 15) is 18.0 Å². The zero-order chi connectivity index (χ0) is 15.2. The number of carbonyl (C=O) groups is 2. The second kappa shape index (κ2) is 4.71. The molecule has 3 amide bonds. The van der Waals surface area contributed by atoms with Crippen LogP contribution >= 0.6 is 11.6 Å². The molecule has 0 aliphatic carbocycles. The number of halogens is 1. The molecule has 0 spiro atoms. The minimum Gasteiger partial charge on any atom is -0.275 e. The predicted octanol–water partition coefficient (Wildman–Crippen LogP) is 1.73. The Bertz CT molecular complexity index is 879. The summed E-state index contributed by atoms with van der Waals surface area (Å²) in [7, 11) is -4.12. The monoisotopic (exact) mass is 324 g/mol. The fourth-order valence-corrected chi connectivity index (χ4v) is 3.94. The molecule has 0 radical (unpaired) electrons. The first-order chi connectivity index (χ1) is 9.91. The smallest absolute Gasteiger partial charge is 0.275 e. The van der Waals surface area contributed by atoms with Gasteiger partial charge in [-0.05, 0) is 12.1 Å². The lowest BCUT2D eigenvalue weighted by Gasteiger charge is -2.15. The zero-order valence-electron chi connectivity index (χ0n) is 10.5. The minimum atomic E-state index is -4.12. The molecule has 0 bridgehead atoms. The van der Waals surface area contributed by atoms with E-state index in [-0.39, 0.29) is 4.90 Å². The van der Waals surface area contributed by atoms with Gasteiger partial charge >= 0.3 is 6.03 Å². The maximum atomic E-state index is 12.6. The predicted molar refractivity (Wildman–Crippen MR) is 76.4 cm³/mol. The van der Waals surface area contributed by atoms with Gasteiger partial charge < -0.3 is 0 Å². The van der Waals surface area contributed by atoms with Gasteiger partial charge in [-0.15, -0.1) is 0 Å². The van der Waals surface area contributed by atoms with Crippen molar-refractivity contribution in [1.82, 2.24) is 9.62 Å². The molecule has 1 fully saturated rings. The van der Waals surface area contributed by atoms with E-state index in [1.165, 1.54) is 12.1 Å². The van der Waals surface area contributed by atoms with Crippen LogP contribution in [0.3, 0.4) is 0 Å². The van der Waals surface area contributed by atoms with E-state index in [0.717, 1.165) is 0 Å². The molecule has 1 aliphatic heterocycles. The van der Waals surface area contributed by atoms with E-state index >= 15 is 0 Å². The Morgan fingerprint density at radius 3 is 2.38 bits per heavy atom. The average Bonchev–Trinajstić information content (AvgIpc) is 2.78. The van der Waals surface area contributed by atoms with Crippen molar-refractivity contribution in [1.29, 1.82) is 0 Å². The lowest BCUT2D eigenvalue weighted by atomic mass is 10.1. The second-order valence-corrected chi connectivity index (χ2v) is 6.69. The van der Waals surface area contributed by atoms with Crippen molar-refractivity contribution in [2.45, 2.75) is 4.90 Å². The molecule has 8 heteroatoms. The van der Waals surface area contributed by atoms with Gasteiger partial charge in [-0.3, -0.25) is 10.1 Å². The molecule has 21 heavy (non-hydrogen) atoms. The summed E-state index contributed by atoms with van der Waals surface area (Å²) < 4.78 is 25.7.